The molecule has 1 aromatic carbocycles. The number of likely N-dealkylation sites (tertiary alicyclic amines) is 1. The van der Waals surface area contributed by atoms with Crippen LogP contribution in [0.1, 0.15) is 87.6 Å². The number of piperidine rings is 1. The number of hydrogen-bond donors (Lipinski definition) is 1. The second kappa shape index (κ2) is 8.85. The molecule has 0 amide bonds. The van der Waals surface area contributed by atoms with E-state index in [0.29, 0.717) is 24.2 Å². The Morgan fingerprint density at radius 3 is 2.69 bits per heavy atom. The Morgan fingerprint density at radius 2 is 2.00 bits per heavy atom. The summed E-state index contributed by atoms with van der Waals surface area (Å²) in [7, 11) is 0. The van der Waals surface area contributed by atoms with Gasteiger partial charge >= 0.3 is 0 Å². The predicted molar refractivity (Wildman–Crippen MR) is 110 cm³/mol. The topological polar surface area (TPSA) is 36.1 Å². The van der Waals surface area contributed by atoms with E-state index in [1.807, 2.05) is 6.07 Å². The Bertz CT molecular complexity index is 725. The lowest BCUT2D eigenvalue weighted by Crippen LogP contribution is -2.39. The van der Waals surface area contributed by atoms with Gasteiger partial charge in [-0.25, -0.2) is 0 Å². The van der Waals surface area contributed by atoms with E-state index in [2.05, 4.69) is 49.0 Å². The Balaban J connectivity index is 1.73. The Labute approximate surface area is 158 Å². The summed E-state index contributed by atoms with van der Waals surface area (Å²) in [5.74, 6) is 0.897. The van der Waals surface area contributed by atoms with Crippen molar-refractivity contribution in [2.24, 2.45) is 0 Å². The molecule has 1 fully saturated rings. The van der Waals surface area contributed by atoms with Crippen molar-refractivity contribution >= 4 is 16.7 Å². The highest BCUT2D eigenvalue weighted by Gasteiger charge is 2.25. The smallest absolute Gasteiger partial charge is 0.162 e. The van der Waals surface area contributed by atoms with Crippen LogP contribution in [-0.4, -0.2) is 34.8 Å². The van der Waals surface area contributed by atoms with Crippen molar-refractivity contribution in [1.29, 1.82) is 0 Å². The normalized spacial score (nSPS) is 17.7. The minimum Gasteiger partial charge on any atom is -0.361 e. The third-order valence-electron chi connectivity index (χ3n) is 6.23. The lowest BCUT2D eigenvalue weighted by atomic mass is 9.88. The zero-order valence-electron chi connectivity index (χ0n) is 16.7. The summed E-state index contributed by atoms with van der Waals surface area (Å²) in [6.07, 6.45) is 9.80. The molecule has 0 saturated carbocycles. The number of rotatable bonds is 8. The van der Waals surface area contributed by atoms with Crippen molar-refractivity contribution in [2.75, 3.05) is 13.1 Å². The molecule has 26 heavy (non-hydrogen) atoms. The van der Waals surface area contributed by atoms with Crippen LogP contribution in [0.25, 0.3) is 10.9 Å². The van der Waals surface area contributed by atoms with Gasteiger partial charge in [0.15, 0.2) is 5.78 Å². The molecule has 1 N–H and O–H groups in total. The van der Waals surface area contributed by atoms with Crippen LogP contribution in [0.4, 0.5) is 0 Å². The molecule has 1 unspecified atom stereocenters. The fourth-order valence-corrected chi connectivity index (χ4v) is 4.24. The molecule has 0 aliphatic carbocycles. The van der Waals surface area contributed by atoms with Crippen LogP contribution < -0.4 is 0 Å². The van der Waals surface area contributed by atoms with Crippen LogP contribution in [0, 0.1) is 0 Å². The Kier molecular flexibility index (Phi) is 6.53. The molecular formula is C23H34N2O. The standard InChI is InChI=1S/C23H34N2O/c1-4-6-7-8-23(26)19-9-10-22-20(15-19)21(16-24-22)18-11-13-25(14-12-18)17(3)5-2/h9-10,15-18,24H,4-8,11-14H2,1-3H3. The molecule has 3 heteroatoms. The van der Waals surface area contributed by atoms with Gasteiger partial charge in [0.2, 0.25) is 0 Å². The quantitative estimate of drug-likeness (QED) is 0.472. The zero-order valence-corrected chi connectivity index (χ0v) is 16.7. The van der Waals surface area contributed by atoms with E-state index in [9.17, 15) is 4.79 Å². The lowest BCUT2D eigenvalue weighted by Gasteiger charge is -2.35. The van der Waals surface area contributed by atoms with E-state index in [4.69, 9.17) is 0 Å². The van der Waals surface area contributed by atoms with Gasteiger partial charge in [0.25, 0.3) is 0 Å². The monoisotopic (exact) mass is 354 g/mol. The number of unbranched alkanes of at least 4 members (excludes halogenated alkanes) is 2. The van der Waals surface area contributed by atoms with Crippen molar-refractivity contribution in [3.05, 3.63) is 35.5 Å². The number of fused-ring (bicyclic) bond motifs is 1. The summed E-state index contributed by atoms with van der Waals surface area (Å²) in [6.45, 7) is 9.15. The van der Waals surface area contributed by atoms with E-state index in [1.165, 1.54) is 43.3 Å². The number of carbonyl (C=O) groups is 1. The van der Waals surface area contributed by atoms with E-state index in [1.54, 1.807) is 0 Å². The summed E-state index contributed by atoms with van der Waals surface area (Å²) in [6, 6.07) is 6.89. The fourth-order valence-electron chi connectivity index (χ4n) is 4.24. The first-order chi connectivity index (χ1) is 12.6. The third kappa shape index (κ3) is 4.20. The predicted octanol–water partition coefficient (Wildman–Crippen LogP) is 5.91. The maximum atomic E-state index is 12.5. The maximum absolute atomic E-state index is 12.5. The second-order valence-corrected chi connectivity index (χ2v) is 7.95. The van der Waals surface area contributed by atoms with Crippen molar-refractivity contribution in [3.8, 4) is 0 Å². The Hall–Kier alpha value is -1.61. The highest BCUT2D eigenvalue weighted by atomic mass is 16.1. The molecule has 1 saturated heterocycles. The van der Waals surface area contributed by atoms with Crippen molar-refractivity contribution in [1.82, 2.24) is 9.88 Å². The largest absolute Gasteiger partial charge is 0.361 e. The van der Waals surface area contributed by atoms with Gasteiger partial charge in [0.05, 0.1) is 0 Å². The first kappa shape index (κ1) is 19.2. The zero-order chi connectivity index (χ0) is 18.5. The van der Waals surface area contributed by atoms with E-state index >= 15 is 0 Å². The molecule has 3 nitrogen and oxygen atoms in total. The molecule has 142 valence electrons. The van der Waals surface area contributed by atoms with E-state index in [-0.39, 0.29) is 0 Å². The number of benzene rings is 1. The highest BCUT2D eigenvalue weighted by Crippen LogP contribution is 2.34. The van der Waals surface area contributed by atoms with Crippen molar-refractivity contribution in [2.45, 2.75) is 77.7 Å². The molecule has 1 aromatic heterocycles. The molecule has 2 aromatic rings. The number of nitrogens with one attached hydrogen (secondary N) is 1. The van der Waals surface area contributed by atoms with Crippen LogP contribution in [0.3, 0.4) is 0 Å². The van der Waals surface area contributed by atoms with E-state index < -0.39 is 0 Å². The minimum absolute atomic E-state index is 0.291. The summed E-state index contributed by atoms with van der Waals surface area (Å²) >= 11 is 0. The van der Waals surface area contributed by atoms with Gasteiger partial charge in [-0.05, 0) is 75.4 Å². The number of aromatic nitrogens is 1. The van der Waals surface area contributed by atoms with Gasteiger partial charge in [-0.1, -0.05) is 26.7 Å². The molecule has 1 atom stereocenters. The number of nitrogens with zero attached hydrogens (tertiary/aromatic N) is 1. The van der Waals surface area contributed by atoms with Crippen LogP contribution in [0.2, 0.25) is 0 Å². The highest BCUT2D eigenvalue weighted by molar-refractivity contribution is 6.00. The first-order valence-corrected chi connectivity index (χ1v) is 10.5. The molecule has 2 heterocycles. The van der Waals surface area contributed by atoms with Gasteiger partial charge in [-0.3, -0.25) is 4.79 Å². The average molecular weight is 355 g/mol. The summed E-state index contributed by atoms with van der Waals surface area (Å²) in [5.41, 5.74) is 3.45. The molecule has 0 spiro atoms. The number of H-pyrrole nitrogens is 1. The van der Waals surface area contributed by atoms with Gasteiger partial charge in [0, 0.05) is 35.1 Å². The number of carbonyl (C=O) groups excluding carboxylic acids is 1. The maximum Gasteiger partial charge on any atom is 0.162 e. The summed E-state index contributed by atoms with van der Waals surface area (Å²) < 4.78 is 0. The Morgan fingerprint density at radius 1 is 1.23 bits per heavy atom. The van der Waals surface area contributed by atoms with Crippen molar-refractivity contribution < 1.29 is 4.79 Å². The fraction of sp³-hybridized carbons (Fsp3) is 0.609. The number of ketones is 1. The molecular weight excluding hydrogens is 320 g/mol. The number of Topliss-reactive ketones (excluding diaryl/α,β-unsaturated/α-hetero) is 1. The first-order valence-electron chi connectivity index (χ1n) is 10.5. The summed E-state index contributed by atoms with van der Waals surface area (Å²) in [4.78, 5) is 18.6. The van der Waals surface area contributed by atoms with Gasteiger partial charge < -0.3 is 9.88 Å². The van der Waals surface area contributed by atoms with Crippen LogP contribution in [0.5, 0.6) is 0 Å². The molecule has 0 radical (unpaired) electrons. The van der Waals surface area contributed by atoms with Gasteiger partial charge in [-0.15, -0.1) is 0 Å². The van der Waals surface area contributed by atoms with Crippen LogP contribution in [0.15, 0.2) is 24.4 Å². The average Bonchev–Trinajstić information content (AvgIpc) is 3.10. The van der Waals surface area contributed by atoms with Crippen LogP contribution in [-0.2, 0) is 0 Å². The van der Waals surface area contributed by atoms with Crippen molar-refractivity contribution in [3.63, 3.8) is 0 Å². The summed E-state index contributed by atoms with van der Waals surface area (Å²) in [5, 5.41) is 1.26. The van der Waals surface area contributed by atoms with Gasteiger partial charge in [-0.2, -0.15) is 0 Å². The SMILES string of the molecule is CCCCCC(=O)c1ccc2[nH]cc(C3CCN(C(C)CC)CC3)c2c1. The van der Waals surface area contributed by atoms with Gasteiger partial charge in [0.1, 0.15) is 0 Å². The minimum atomic E-state index is 0.291. The molecule has 1 aliphatic rings. The number of hydrogen-bond acceptors (Lipinski definition) is 2. The van der Waals surface area contributed by atoms with E-state index in [0.717, 1.165) is 30.3 Å². The third-order valence-corrected chi connectivity index (χ3v) is 6.23. The lowest BCUT2D eigenvalue weighted by molar-refractivity contribution is 0.0979. The number of aromatic amines is 1. The van der Waals surface area contributed by atoms with Crippen LogP contribution >= 0.6 is 0 Å². The molecule has 0 bridgehead atoms. The molecule has 3 rings (SSSR count). The molecule has 1 aliphatic heterocycles. The second-order valence-electron chi connectivity index (χ2n) is 7.95.